The third-order valence-electron chi connectivity index (χ3n) is 6.80. The van der Waals surface area contributed by atoms with Gasteiger partial charge in [0.25, 0.3) is 0 Å². The van der Waals surface area contributed by atoms with Gasteiger partial charge in [0.15, 0.2) is 5.96 Å². The molecule has 0 unspecified atom stereocenters. The van der Waals surface area contributed by atoms with Crippen LogP contribution in [0.25, 0.3) is 0 Å². The van der Waals surface area contributed by atoms with E-state index >= 15 is 0 Å². The van der Waals surface area contributed by atoms with Gasteiger partial charge < -0.3 is 15.0 Å². The van der Waals surface area contributed by atoms with Crippen LogP contribution in [0.15, 0.2) is 29.3 Å². The third-order valence-corrected chi connectivity index (χ3v) is 6.80. The number of carbonyl (C=O) groups is 1. The Hall–Kier alpha value is -2.08. The van der Waals surface area contributed by atoms with E-state index in [1.54, 1.807) is 0 Å². The van der Waals surface area contributed by atoms with Crippen molar-refractivity contribution in [2.45, 2.75) is 71.0 Å². The van der Waals surface area contributed by atoms with Crippen LogP contribution in [0.3, 0.4) is 0 Å². The normalized spacial score (nSPS) is 19.0. The molecule has 0 bridgehead atoms. The number of likely N-dealkylation sites (tertiary alicyclic amines) is 1. The van der Waals surface area contributed by atoms with Gasteiger partial charge in [-0.2, -0.15) is 0 Å². The van der Waals surface area contributed by atoms with Crippen molar-refractivity contribution in [1.29, 1.82) is 0 Å². The van der Waals surface area contributed by atoms with E-state index in [0.717, 1.165) is 45.0 Å². The largest absolute Gasteiger partial charge is 0.469 e. The van der Waals surface area contributed by atoms with Crippen LogP contribution in [0.4, 0.5) is 0 Å². The molecule has 0 atom stereocenters. The van der Waals surface area contributed by atoms with Crippen molar-refractivity contribution < 1.29 is 9.53 Å². The van der Waals surface area contributed by atoms with Crippen LogP contribution >= 0.6 is 0 Å². The first-order chi connectivity index (χ1) is 15.1. The number of aliphatic imine (C=N–C) groups is 1. The van der Waals surface area contributed by atoms with E-state index < -0.39 is 0 Å². The Bertz CT molecular complexity index is 722. The minimum absolute atomic E-state index is 0.0141. The molecule has 1 aliphatic heterocycles. The molecular weight excluding hydrogens is 388 g/mol. The molecule has 2 aliphatic rings. The number of carbonyl (C=O) groups excluding carboxylic acids is 1. The van der Waals surface area contributed by atoms with Gasteiger partial charge in [-0.15, -0.1) is 0 Å². The average molecular weight is 429 g/mol. The number of methoxy groups -OCH3 is 1. The maximum Gasteiger partial charge on any atom is 0.308 e. The number of hydrogen-bond acceptors (Lipinski definition) is 4. The fourth-order valence-electron chi connectivity index (χ4n) is 4.87. The van der Waals surface area contributed by atoms with Crippen LogP contribution in [0.5, 0.6) is 0 Å². The van der Waals surface area contributed by atoms with Crippen molar-refractivity contribution in [3.63, 3.8) is 0 Å². The summed E-state index contributed by atoms with van der Waals surface area (Å²) in [5.41, 5.74) is 2.67. The fraction of sp³-hybridized carbons (Fsp3) is 0.680. The summed E-state index contributed by atoms with van der Waals surface area (Å²) in [4.78, 5) is 21.6. The van der Waals surface area contributed by atoms with Gasteiger partial charge in [0, 0.05) is 32.2 Å². The lowest BCUT2D eigenvalue weighted by molar-refractivity contribution is -0.146. The zero-order chi connectivity index (χ0) is 22.1. The van der Waals surface area contributed by atoms with Gasteiger partial charge in [0.2, 0.25) is 0 Å². The first-order valence-electron chi connectivity index (χ1n) is 12.0. The Labute approximate surface area is 188 Å². The Morgan fingerprint density at radius 2 is 1.81 bits per heavy atom. The predicted molar refractivity (Wildman–Crippen MR) is 126 cm³/mol. The summed E-state index contributed by atoms with van der Waals surface area (Å²) in [6.45, 7) is 6.26. The van der Waals surface area contributed by atoms with E-state index in [0.29, 0.717) is 12.6 Å². The number of piperidine rings is 1. The summed E-state index contributed by atoms with van der Waals surface area (Å²) in [7, 11) is 3.74. The Kier molecular flexibility index (Phi) is 9.19. The molecule has 6 heteroatoms. The molecule has 0 radical (unpaired) electrons. The van der Waals surface area contributed by atoms with Gasteiger partial charge in [-0.25, -0.2) is 4.99 Å². The van der Waals surface area contributed by atoms with Crippen molar-refractivity contribution in [2.75, 3.05) is 33.8 Å². The van der Waals surface area contributed by atoms with Crippen molar-refractivity contribution >= 4 is 11.9 Å². The molecule has 172 valence electrons. The second-order valence-electron chi connectivity index (χ2n) is 8.93. The lowest BCUT2D eigenvalue weighted by Gasteiger charge is -2.33. The summed E-state index contributed by atoms with van der Waals surface area (Å²) < 4.78 is 4.92. The zero-order valence-electron chi connectivity index (χ0n) is 19.6. The molecule has 0 aromatic heterocycles. The van der Waals surface area contributed by atoms with Gasteiger partial charge in [-0.3, -0.25) is 9.69 Å². The first-order valence-corrected chi connectivity index (χ1v) is 12.0. The zero-order valence-corrected chi connectivity index (χ0v) is 19.6. The molecular formula is C25H40N4O2. The summed E-state index contributed by atoms with van der Waals surface area (Å²) in [5.74, 6) is 0.874. The van der Waals surface area contributed by atoms with Crippen molar-refractivity contribution in [2.24, 2.45) is 10.9 Å². The maximum atomic E-state index is 11.8. The highest BCUT2D eigenvalue weighted by Gasteiger charge is 2.27. The standard InChI is InChI=1S/C25H40N4O2/c1-4-26-25(29-16-14-20(15-17-29)24(30)31-3)27-18-21-10-8-9-11-22(21)19-28(2)23-12-6-5-7-13-23/h8-11,20,23H,4-7,12-19H2,1-3H3,(H,26,27). The molecule has 2 fully saturated rings. The number of nitrogens with one attached hydrogen (secondary N) is 1. The second-order valence-corrected chi connectivity index (χ2v) is 8.93. The van der Waals surface area contributed by atoms with Gasteiger partial charge in [-0.1, -0.05) is 43.5 Å². The predicted octanol–water partition coefficient (Wildman–Crippen LogP) is 3.80. The van der Waals surface area contributed by atoms with Crippen molar-refractivity contribution in [3.8, 4) is 0 Å². The molecule has 1 aromatic carbocycles. The smallest absolute Gasteiger partial charge is 0.308 e. The molecule has 31 heavy (non-hydrogen) atoms. The summed E-state index contributed by atoms with van der Waals surface area (Å²) in [6.07, 6.45) is 8.39. The van der Waals surface area contributed by atoms with Crippen LogP contribution in [-0.2, 0) is 22.6 Å². The minimum atomic E-state index is -0.0856. The number of hydrogen-bond donors (Lipinski definition) is 1. The second kappa shape index (κ2) is 12.1. The summed E-state index contributed by atoms with van der Waals surface area (Å²) in [5, 5.41) is 3.44. The number of guanidine groups is 1. The minimum Gasteiger partial charge on any atom is -0.469 e. The van der Waals surface area contributed by atoms with Crippen molar-refractivity contribution in [3.05, 3.63) is 35.4 Å². The number of rotatable bonds is 7. The van der Waals surface area contributed by atoms with E-state index in [1.165, 1.54) is 50.3 Å². The lowest BCUT2D eigenvalue weighted by atomic mass is 9.94. The Morgan fingerprint density at radius 1 is 1.13 bits per heavy atom. The highest BCUT2D eigenvalue weighted by Crippen LogP contribution is 2.24. The SMILES string of the molecule is CCNC(=NCc1ccccc1CN(C)C1CCCCC1)N1CCC(C(=O)OC)CC1. The lowest BCUT2D eigenvalue weighted by Crippen LogP contribution is -2.46. The van der Waals surface area contributed by atoms with Crippen LogP contribution < -0.4 is 5.32 Å². The highest BCUT2D eigenvalue weighted by atomic mass is 16.5. The number of nitrogens with zero attached hydrogens (tertiary/aromatic N) is 3. The van der Waals surface area contributed by atoms with E-state index in [2.05, 4.69) is 53.4 Å². The monoisotopic (exact) mass is 428 g/mol. The third kappa shape index (κ3) is 6.70. The topological polar surface area (TPSA) is 57.2 Å². The molecule has 1 saturated carbocycles. The van der Waals surface area contributed by atoms with Crippen molar-refractivity contribution in [1.82, 2.24) is 15.1 Å². The molecule has 1 heterocycles. The van der Waals surface area contributed by atoms with Crippen LogP contribution in [0, 0.1) is 5.92 Å². The number of benzene rings is 1. The molecule has 0 amide bonds. The molecule has 6 nitrogen and oxygen atoms in total. The molecule has 0 spiro atoms. The van der Waals surface area contributed by atoms with Gasteiger partial charge in [0.1, 0.15) is 0 Å². The molecule has 3 rings (SSSR count). The summed E-state index contributed by atoms with van der Waals surface area (Å²) >= 11 is 0. The quantitative estimate of drug-likeness (QED) is 0.407. The number of esters is 1. The van der Waals surface area contributed by atoms with E-state index in [9.17, 15) is 4.79 Å². The van der Waals surface area contributed by atoms with Crippen LogP contribution in [0.2, 0.25) is 0 Å². The fourth-order valence-corrected chi connectivity index (χ4v) is 4.87. The van der Waals surface area contributed by atoms with E-state index in [1.807, 2.05) is 0 Å². The molecule has 1 N–H and O–H groups in total. The van der Waals surface area contributed by atoms with E-state index in [4.69, 9.17) is 9.73 Å². The maximum absolute atomic E-state index is 11.8. The first kappa shape index (κ1) is 23.6. The molecule has 1 aliphatic carbocycles. The van der Waals surface area contributed by atoms with Crippen LogP contribution in [0.1, 0.15) is 63.0 Å². The van der Waals surface area contributed by atoms with Gasteiger partial charge in [0.05, 0.1) is 19.6 Å². The van der Waals surface area contributed by atoms with Gasteiger partial charge >= 0.3 is 5.97 Å². The molecule has 1 aromatic rings. The number of ether oxygens (including phenoxy) is 1. The van der Waals surface area contributed by atoms with E-state index in [-0.39, 0.29) is 11.9 Å². The Morgan fingerprint density at radius 3 is 2.45 bits per heavy atom. The molecule has 1 saturated heterocycles. The Balaban J connectivity index is 1.64. The van der Waals surface area contributed by atoms with Crippen LogP contribution in [-0.4, -0.2) is 61.6 Å². The highest BCUT2D eigenvalue weighted by molar-refractivity contribution is 5.80. The average Bonchev–Trinajstić information content (AvgIpc) is 2.82. The van der Waals surface area contributed by atoms with Gasteiger partial charge in [-0.05, 0) is 50.8 Å². The summed E-state index contributed by atoms with van der Waals surface area (Å²) in [6, 6.07) is 9.42.